The van der Waals surface area contributed by atoms with E-state index in [1.165, 1.54) is 109 Å². The van der Waals surface area contributed by atoms with Crippen LogP contribution in [-0.2, 0) is 4.79 Å². The van der Waals surface area contributed by atoms with Gasteiger partial charge in [0.05, 0.1) is 6.10 Å². The number of unbranched alkanes of at least 4 members (excludes halogenated alkanes) is 19. The third-order valence-corrected chi connectivity index (χ3v) is 6.58. The first-order chi connectivity index (χ1) is 16.6. The molecule has 1 atom stereocenters. The van der Waals surface area contributed by atoms with E-state index < -0.39 is 5.97 Å². The van der Waals surface area contributed by atoms with Crippen LogP contribution in [0.1, 0.15) is 174 Å². The largest absolute Gasteiger partial charge is 0.481 e. The van der Waals surface area contributed by atoms with Gasteiger partial charge in [-0.3, -0.25) is 4.79 Å². The Morgan fingerprint density at radius 3 is 1.24 bits per heavy atom. The van der Waals surface area contributed by atoms with Crippen LogP contribution in [-0.4, -0.2) is 34.0 Å². The summed E-state index contributed by atoms with van der Waals surface area (Å²) in [6, 6.07) is 0. The van der Waals surface area contributed by atoms with Crippen molar-refractivity contribution >= 4 is 5.97 Å². The molecule has 0 rings (SSSR count). The molecule has 0 aliphatic carbocycles. The summed E-state index contributed by atoms with van der Waals surface area (Å²) >= 11 is 0. The predicted molar refractivity (Wildman–Crippen MR) is 148 cm³/mol. The molecule has 0 saturated carbocycles. The molecular weight excluding hydrogens is 424 g/mol. The Morgan fingerprint density at radius 1 is 0.529 bits per heavy atom. The quantitative estimate of drug-likeness (QED) is 0.106. The van der Waals surface area contributed by atoms with Crippen LogP contribution in [0.3, 0.4) is 0 Å². The minimum absolute atomic E-state index is 0.0853. The monoisotopic (exact) mass is 486 g/mol. The minimum Gasteiger partial charge on any atom is -0.481 e. The summed E-state index contributed by atoms with van der Waals surface area (Å²) < 4.78 is 0. The van der Waals surface area contributed by atoms with Crippen molar-refractivity contribution in [2.75, 3.05) is 6.61 Å². The Hall–Kier alpha value is -0.610. The third-order valence-electron chi connectivity index (χ3n) is 6.58. The summed E-state index contributed by atoms with van der Waals surface area (Å²) in [5.41, 5.74) is 0. The van der Waals surface area contributed by atoms with E-state index in [4.69, 9.17) is 10.2 Å². The summed E-state index contributed by atoms with van der Waals surface area (Å²) in [6.07, 6.45) is 29.6. The van der Waals surface area contributed by atoms with Crippen molar-refractivity contribution in [2.45, 2.75) is 180 Å². The van der Waals surface area contributed by atoms with Crippen LogP contribution in [0.25, 0.3) is 0 Å². The molecule has 4 heteroatoms. The normalized spacial score (nSPS) is 11.8. The van der Waals surface area contributed by atoms with Crippen molar-refractivity contribution in [3.63, 3.8) is 0 Å². The second-order valence-corrected chi connectivity index (χ2v) is 10.2. The van der Waals surface area contributed by atoms with Crippen molar-refractivity contribution in [1.82, 2.24) is 0 Å². The zero-order chi connectivity index (χ0) is 25.5. The Bertz CT molecular complexity index is 363. The topological polar surface area (TPSA) is 77.8 Å². The van der Waals surface area contributed by atoms with Crippen molar-refractivity contribution in [3.05, 3.63) is 0 Å². The second kappa shape index (κ2) is 32.4. The summed E-state index contributed by atoms with van der Waals surface area (Å²) in [5, 5.41) is 26.9. The van der Waals surface area contributed by atoms with E-state index in [0.29, 0.717) is 13.0 Å². The lowest BCUT2D eigenvalue weighted by atomic mass is 10.0. The van der Waals surface area contributed by atoms with Gasteiger partial charge in [0.25, 0.3) is 0 Å². The fourth-order valence-corrected chi connectivity index (χ4v) is 4.27. The highest BCUT2D eigenvalue weighted by Gasteiger charge is 2.03. The van der Waals surface area contributed by atoms with E-state index in [-0.39, 0.29) is 6.10 Å². The van der Waals surface area contributed by atoms with Crippen LogP contribution in [0.5, 0.6) is 0 Å². The van der Waals surface area contributed by atoms with Gasteiger partial charge >= 0.3 is 5.97 Å². The summed E-state index contributed by atoms with van der Waals surface area (Å²) in [7, 11) is 0. The fraction of sp³-hybridized carbons (Fsp3) is 0.967. The number of aliphatic carboxylic acids is 1. The van der Waals surface area contributed by atoms with E-state index in [9.17, 15) is 9.90 Å². The highest BCUT2D eigenvalue weighted by molar-refractivity contribution is 5.66. The zero-order valence-corrected chi connectivity index (χ0v) is 23.2. The first-order valence-electron chi connectivity index (χ1n) is 15.1. The molecule has 1 unspecified atom stereocenters. The maximum absolute atomic E-state index is 10.3. The third kappa shape index (κ3) is 36.0. The molecule has 0 aliphatic rings. The van der Waals surface area contributed by atoms with Gasteiger partial charge in [0.15, 0.2) is 0 Å². The van der Waals surface area contributed by atoms with E-state index >= 15 is 0 Å². The Labute approximate surface area is 213 Å². The molecule has 0 aliphatic heterocycles. The molecule has 0 fully saturated rings. The Morgan fingerprint density at radius 2 is 0.853 bits per heavy atom. The van der Waals surface area contributed by atoms with Gasteiger partial charge in [-0.15, -0.1) is 0 Å². The molecule has 0 saturated heterocycles. The first kappa shape index (κ1) is 35.6. The Kier molecular flexibility index (Phi) is 33.9. The highest BCUT2D eigenvalue weighted by Crippen LogP contribution is 2.14. The molecule has 0 aromatic heterocycles. The summed E-state index contributed by atoms with van der Waals surface area (Å²) in [4.78, 5) is 10.3. The number of carboxylic acids is 1. The molecular formula is C30H62O4. The van der Waals surface area contributed by atoms with Crippen molar-refractivity contribution in [2.24, 2.45) is 0 Å². The van der Waals surface area contributed by atoms with E-state index in [2.05, 4.69) is 13.8 Å². The predicted octanol–water partition coefficient (Wildman–Crippen LogP) is 9.20. The fourth-order valence-electron chi connectivity index (χ4n) is 4.27. The van der Waals surface area contributed by atoms with Crippen molar-refractivity contribution < 1.29 is 20.1 Å². The maximum Gasteiger partial charge on any atom is 0.303 e. The van der Waals surface area contributed by atoms with Crippen molar-refractivity contribution in [3.8, 4) is 0 Å². The molecule has 206 valence electrons. The number of hydrogen-bond acceptors (Lipinski definition) is 3. The van der Waals surface area contributed by atoms with Crippen LogP contribution in [0.2, 0.25) is 0 Å². The smallest absolute Gasteiger partial charge is 0.303 e. The average molecular weight is 487 g/mol. The van der Waals surface area contributed by atoms with Gasteiger partial charge in [0.1, 0.15) is 0 Å². The number of carboxylic acid groups (broad SMARTS) is 1. The van der Waals surface area contributed by atoms with E-state index in [0.717, 1.165) is 44.9 Å². The highest BCUT2D eigenvalue weighted by atomic mass is 16.4. The Balaban J connectivity index is 0. The number of carbonyl (C=O) groups is 1. The molecule has 34 heavy (non-hydrogen) atoms. The van der Waals surface area contributed by atoms with Crippen LogP contribution in [0, 0.1) is 0 Å². The molecule has 0 heterocycles. The molecule has 0 aromatic carbocycles. The number of aliphatic hydroxyl groups is 2. The lowest BCUT2D eigenvalue weighted by Crippen LogP contribution is -2.05. The van der Waals surface area contributed by atoms with Gasteiger partial charge in [-0.2, -0.15) is 0 Å². The second-order valence-electron chi connectivity index (χ2n) is 10.2. The minimum atomic E-state index is -0.678. The molecule has 0 bridgehead atoms. The lowest BCUT2D eigenvalue weighted by molar-refractivity contribution is -0.137. The maximum atomic E-state index is 10.3. The molecule has 4 nitrogen and oxygen atoms in total. The SMILES string of the molecule is CCCCCCC(O)CCCCCCCCCCC(=O)O.CCCCCCCCCCCCO. The first-order valence-corrected chi connectivity index (χ1v) is 15.1. The molecule has 0 radical (unpaired) electrons. The van der Waals surface area contributed by atoms with E-state index in [1.807, 2.05) is 0 Å². The number of aliphatic hydroxyl groups excluding tert-OH is 2. The number of rotatable bonds is 26. The molecule has 0 spiro atoms. The van der Waals surface area contributed by atoms with Gasteiger partial charge in [-0.25, -0.2) is 0 Å². The lowest BCUT2D eigenvalue weighted by Gasteiger charge is -2.10. The average Bonchev–Trinajstić information content (AvgIpc) is 2.82. The standard InChI is InChI=1S/C18H36O3.C12H26O/c1-2-3-4-11-14-17(19)15-12-9-7-5-6-8-10-13-16-18(20)21;1-2-3-4-5-6-7-8-9-10-11-12-13/h17,19H,2-16H2,1H3,(H,20,21);13H,2-12H2,1H3. The number of hydrogen-bond donors (Lipinski definition) is 3. The van der Waals surface area contributed by atoms with Crippen LogP contribution in [0.15, 0.2) is 0 Å². The van der Waals surface area contributed by atoms with Gasteiger partial charge in [-0.05, 0) is 25.7 Å². The summed E-state index contributed by atoms with van der Waals surface area (Å²) in [5.74, 6) is -0.678. The van der Waals surface area contributed by atoms with Gasteiger partial charge in [0, 0.05) is 13.0 Å². The summed E-state index contributed by atoms with van der Waals surface area (Å²) in [6.45, 7) is 4.84. The van der Waals surface area contributed by atoms with Crippen molar-refractivity contribution in [1.29, 1.82) is 0 Å². The van der Waals surface area contributed by atoms with Crippen LogP contribution < -0.4 is 0 Å². The van der Waals surface area contributed by atoms with Gasteiger partial charge < -0.3 is 15.3 Å². The van der Waals surface area contributed by atoms with E-state index in [1.54, 1.807) is 0 Å². The van der Waals surface area contributed by atoms with Crippen LogP contribution in [0.4, 0.5) is 0 Å². The molecule has 0 aromatic rings. The van der Waals surface area contributed by atoms with Crippen LogP contribution >= 0.6 is 0 Å². The zero-order valence-electron chi connectivity index (χ0n) is 23.2. The molecule has 3 N–H and O–H groups in total. The van der Waals surface area contributed by atoms with Gasteiger partial charge in [-0.1, -0.05) is 142 Å². The van der Waals surface area contributed by atoms with Gasteiger partial charge in [0.2, 0.25) is 0 Å². The molecule has 0 amide bonds.